The lowest BCUT2D eigenvalue weighted by Crippen LogP contribution is -2.54. The summed E-state index contributed by atoms with van der Waals surface area (Å²) in [4.78, 5) is 5.21. The maximum atomic E-state index is 3.56. The lowest BCUT2D eigenvalue weighted by molar-refractivity contribution is 0.00760. The molecule has 0 aromatic heterocycles. The van der Waals surface area contributed by atoms with Gasteiger partial charge in [-0.2, -0.15) is 0 Å². The van der Waals surface area contributed by atoms with Gasteiger partial charge in [-0.25, -0.2) is 0 Å². The summed E-state index contributed by atoms with van der Waals surface area (Å²) in [7, 11) is 2.26. The molecule has 3 heterocycles. The Kier molecular flexibility index (Phi) is 3.89. The normalized spacial score (nSPS) is 35.1. The van der Waals surface area contributed by atoms with Crippen molar-refractivity contribution in [3.63, 3.8) is 0 Å². The number of hydrogen-bond donors (Lipinski definition) is 1. The third-order valence-corrected chi connectivity index (χ3v) is 5.99. The standard InChI is InChI=1S/C16H31N3/c1-3-15(12-18(2)13-15)5-4-9-19-10-7-16(14-19)6-8-17-11-16/h17H,3-14H2,1-2H3. The Morgan fingerprint density at radius 2 is 2.00 bits per heavy atom. The van der Waals surface area contributed by atoms with Gasteiger partial charge in [0.1, 0.15) is 0 Å². The molecule has 3 rings (SSSR count). The molecule has 3 aliphatic heterocycles. The smallest absolute Gasteiger partial charge is 0.00511 e. The predicted octanol–water partition coefficient (Wildman–Crippen LogP) is 1.79. The van der Waals surface area contributed by atoms with Crippen LogP contribution >= 0.6 is 0 Å². The number of hydrogen-bond acceptors (Lipinski definition) is 3. The number of nitrogens with zero attached hydrogens (tertiary/aromatic N) is 2. The van der Waals surface area contributed by atoms with Crippen LogP contribution in [0.4, 0.5) is 0 Å². The van der Waals surface area contributed by atoms with Gasteiger partial charge in [-0.1, -0.05) is 6.92 Å². The quantitative estimate of drug-likeness (QED) is 0.818. The van der Waals surface area contributed by atoms with E-state index in [4.69, 9.17) is 0 Å². The highest BCUT2D eigenvalue weighted by Crippen LogP contribution is 2.39. The maximum Gasteiger partial charge on any atom is 0.00511 e. The van der Waals surface area contributed by atoms with Crippen LogP contribution in [0.1, 0.15) is 39.0 Å². The molecule has 3 aliphatic rings. The SMILES string of the molecule is CCC1(CCCN2CCC3(CCNC3)C2)CN(C)C1. The summed E-state index contributed by atoms with van der Waals surface area (Å²) in [5.74, 6) is 0. The van der Waals surface area contributed by atoms with E-state index in [1.807, 2.05) is 0 Å². The van der Waals surface area contributed by atoms with Crippen molar-refractivity contribution in [2.24, 2.45) is 10.8 Å². The summed E-state index contributed by atoms with van der Waals surface area (Å²) in [6.07, 6.45) is 7.06. The molecular weight excluding hydrogens is 234 g/mol. The van der Waals surface area contributed by atoms with Gasteiger partial charge in [-0.15, -0.1) is 0 Å². The Bertz CT molecular complexity index is 303. The molecule has 19 heavy (non-hydrogen) atoms. The van der Waals surface area contributed by atoms with E-state index < -0.39 is 0 Å². The number of rotatable bonds is 5. The Balaban J connectivity index is 1.39. The minimum absolute atomic E-state index is 0.652. The monoisotopic (exact) mass is 265 g/mol. The lowest BCUT2D eigenvalue weighted by atomic mass is 9.74. The highest BCUT2D eigenvalue weighted by molar-refractivity contribution is 4.96. The molecule has 0 aromatic rings. The molecule has 3 heteroatoms. The van der Waals surface area contributed by atoms with Crippen LogP contribution in [-0.2, 0) is 0 Å². The molecule has 3 saturated heterocycles. The second kappa shape index (κ2) is 5.34. The van der Waals surface area contributed by atoms with Crippen LogP contribution in [0.3, 0.4) is 0 Å². The van der Waals surface area contributed by atoms with E-state index >= 15 is 0 Å². The summed E-state index contributed by atoms with van der Waals surface area (Å²) < 4.78 is 0. The zero-order valence-electron chi connectivity index (χ0n) is 12.9. The van der Waals surface area contributed by atoms with Gasteiger partial charge >= 0.3 is 0 Å². The molecule has 0 radical (unpaired) electrons. The fraction of sp³-hybridized carbons (Fsp3) is 1.00. The first-order valence-electron chi connectivity index (χ1n) is 8.27. The van der Waals surface area contributed by atoms with Crippen LogP contribution in [0, 0.1) is 10.8 Å². The van der Waals surface area contributed by atoms with Gasteiger partial charge in [0.05, 0.1) is 0 Å². The van der Waals surface area contributed by atoms with Crippen molar-refractivity contribution in [2.75, 3.05) is 52.9 Å². The van der Waals surface area contributed by atoms with Crippen molar-refractivity contribution in [3.05, 3.63) is 0 Å². The Hall–Kier alpha value is -0.120. The second-order valence-corrected chi connectivity index (χ2v) is 7.58. The van der Waals surface area contributed by atoms with Crippen LogP contribution in [-0.4, -0.2) is 62.7 Å². The molecule has 1 unspecified atom stereocenters. The minimum atomic E-state index is 0.652. The average molecular weight is 265 g/mol. The largest absolute Gasteiger partial charge is 0.316 e. The highest BCUT2D eigenvalue weighted by Gasteiger charge is 2.41. The predicted molar refractivity (Wildman–Crippen MR) is 80.4 cm³/mol. The van der Waals surface area contributed by atoms with E-state index in [1.165, 1.54) is 77.9 Å². The van der Waals surface area contributed by atoms with Crippen molar-refractivity contribution in [1.82, 2.24) is 15.1 Å². The van der Waals surface area contributed by atoms with Crippen LogP contribution in [0.15, 0.2) is 0 Å². The third kappa shape index (κ3) is 2.84. The van der Waals surface area contributed by atoms with Crippen LogP contribution < -0.4 is 5.32 Å². The highest BCUT2D eigenvalue weighted by atomic mass is 15.2. The zero-order valence-corrected chi connectivity index (χ0v) is 12.9. The molecule has 0 aliphatic carbocycles. The molecule has 3 nitrogen and oxygen atoms in total. The molecule has 0 saturated carbocycles. The number of nitrogens with one attached hydrogen (secondary N) is 1. The molecule has 110 valence electrons. The lowest BCUT2D eigenvalue weighted by Gasteiger charge is -2.49. The topological polar surface area (TPSA) is 18.5 Å². The first kappa shape index (κ1) is 13.8. The molecule has 1 spiro atoms. The molecule has 3 fully saturated rings. The average Bonchev–Trinajstić information content (AvgIpc) is 2.98. The summed E-state index contributed by atoms with van der Waals surface area (Å²) in [5, 5.41) is 3.56. The van der Waals surface area contributed by atoms with Crippen molar-refractivity contribution >= 4 is 0 Å². The van der Waals surface area contributed by atoms with E-state index in [0.717, 1.165) is 0 Å². The van der Waals surface area contributed by atoms with E-state index in [1.54, 1.807) is 0 Å². The first-order valence-corrected chi connectivity index (χ1v) is 8.27. The molecule has 0 aromatic carbocycles. The van der Waals surface area contributed by atoms with E-state index in [9.17, 15) is 0 Å². The molecule has 0 bridgehead atoms. The molecule has 0 amide bonds. The summed E-state index contributed by atoms with van der Waals surface area (Å²) in [6, 6.07) is 0. The van der Waals surface area contributed by atoms with Crippen molar-refractivity contribution in [1.29, 1.82) is 0 Å². The van der Waals surface area contributed by atoms with Crippen molar-refractivity contribution in [3.8, 4) is 0 Å². The first-order chi connectivity index (χ1) is 9.15. The van der Waals surface area contributed by atoms with E-state index in [-0.39, 0.29) is 0 Å². The summed E-state index contributed by atoms with van der Waals surface area (Å²) >= 11 is 0. The summed E-state index contributed by atoms with van der Waals surface area (Å²) in [6.45, 7) is 11.6. The van der Waals surface area contributed by atoms with E-state index in [0.29, 0.717) is 10.8 Å². The van der Waals surface area contributed by atoms with E-state index in [2.05, 4.69) is 29.1 Å². The van der Waals surface area contributed by atoms with Crippen molar-refractivity contribution < 1.29 is 0 Å². The molecular formula is C16H31N3. The van der Waals surface area contributed by atoms with Crippen LogP contribution in [0.5, 0.6) is 0 Å². The van der Waals surface area contributed by atoms with Gasteiger partial charge in [0.25, 0.3) is 0 Å². The van der Waals surface area contributed by atoms with Crippen LogP contribution in [0.25, 0.3) is 0 Å². The molecule has 1 atom stereocenters. The second-order valence-electron chi connectivity index (χ2n) is 7.58. The zero-order chi connectivity index (χ0) is 13.3. The third-order valence-electron chi connectivity index (χ3n) is 5.99. The van der Waals surface area contributed by atoms with Gasteiger partial charge in [-0.3, -0.25) is 0 Å². The summed E-state index contributed by atoms with van der Waals surface area (Å²) in [5.41, 5.74) is 1.32. The van der Waals surface area contributed by atoms with Gasteiger partial charge in [-0.05, 0) is 69.6 Å². The van der Waals surface area contributed by atoms with Gasteiger partial charge in [0, 0.05) is 26.2 Å². The van der Waals surface area contributed by atoms with Gasteiger partial charge in [0.2, 0.25) is 0 Å². The van der Waals surface area contributed by atoms with Crippen molar-refractivity contribution in [2.45, 2.75) is 39.0 Å². The Morgan fingerprint density at radius 1 is 1.16 bits per heavy atom. The molecule has 1 N–H and O–H groups in total. The van der Waals surface area contributed by atoms with Gasteiger partial charge < -0.3 is 15.1 Å². The Morgan fingerprint density at radius 3 is 2.63 bits per heavy atom. The maximum absolute atomic E-state index is 3.56. The van der Waals surface area contributed by atoms with Gasteiger partial charge in [0.15, 0.2) is 0 Å². The minimum Gasteiger partial charge on any atom is -0.316 e. The van der Waals surface area contributed by atoms with Crippen LogP contribution in [0.2, 0.25) is 0 Å². The fourth-order valence-corrected chi connectivity index (χ4v) is 4.70. The Labute approximate surface area is 118 Å². The fourth-order valence-electron chi connectivity index (χ4n) is 4.70. The number of likely N-dealkylation sites (tertiary alicyclic amines) is 2.